The highest BCUT2D eigenvalue weighted by molar-refractivity contribution is 7.80. The fourth-order valence-corrected chi connectivity index (χ4v) is 2.05. The number of thiocarbonyl (C=S) groups is 1. The van der Waals surface area contributed by atoms with Gasteiger partial charge in [-0.25, -0.2) is 0 Å². The third-order valence-corrected chi connectivity index (χ3v) is 3.95. The predicted octanol–water partition coefficient (Wildman–Crippen LogP) is 0.936. The number of carbonyl (C=O) groups is 1. The molecule has 2 unspecified atom stereocenters. The van der Waals surface area contributed by atoms with E-state index < -0.39 is 5.41 Å². The van der Waals surface area contributed by atoms with Crippen molar-refractivity contribution in [2.45, 2.75) is 32.7 Å². The molecule has 2 N–H and O–H groups in total. The van der Waals surface area contributed by atoms with E-state index in [9.17, 15) is 4.79 Å². The number of ether oxygens (including phenoxy) is 1. The first-order valence-corrected chi connectivity index (χ1v) is 5.99. The van der Waals surface area contributed by atoms with Crippen molar-refractivity contribution < 1.29 is 9.53 Å². The van der Waals surface area contributed by atoms with Crippen LogP contribution < -0.4 is 5.73 Å². The Kier molecular flexibility index (Phi) is 4.27. The van der Waals surface area contributed by atoms with Crippen LogP contribution in [0.1, 0.15) is 26.7 Å². The molecule has 0 bridgehead atoms. The number of hydrogen-bond acceptors (Lipinski definition) is 3. The molecule has 5 heteroatoms. The number of carbonyl (C=O) groups excluding carboxylic acids is 1. The van der Waals surface area contributed by atoms with Crippen LogP contribution in [0.25, 0.3) is 0 Å². The lowest BCUT2D eigenvalue weighted by molar-refractivity contribution is -0.138. The molecule has 92 valence electrons. The number of rotatable bonds is 4. The maximum atomic E-state index is 12.3. The molecular formula is C11H20N2O2S. The number of amides is 1. The zero-order chi connectivity index (χ0) is 12.3. The monoisotopic (exact) mass is 244 g/mol. The summed E-state index contributed by atoms with van der Waals surface area (Å²) in [6, 6.07) is 0.160. The van der Waals surface area contributed by atoms with E-state index in [-0.39, 0.29) is 16.9 Å². The van der Waals surface area contributed by atoms with Crippen LogP contribution in [-0.4, -0.2) is 42.1 Å². The highest BCUT2D eigenvalue weighted by Gasteiger charge is 2.39. The summed E-state index contributed by atoms with van der Waals surface area (Å²) in [6.07, 6.45) is 1.51. The van der Waals surface area contributed by atoms with E-state index in [0.29, 0.717) is 13.0 Å². The molecule has 0 radical (unpaired) electrons. The average Bonchev–Trinajstić information content (AvgIpc) is 2.79. The molecule has 0 saturated carbocycles. The summed E-state index contributed by atoms with van der Waals surface area (Å²) in [5.74, 6) is -0.00185. The van der Waals surface area contributed by atoms with Crippen LogP contribution >= 0.6 is 12.2 Å². The molecule has 0 spiro atoms. The molecular weight excluding hydrogens is 224 g/mol. The Morgan fingerprint density at radius 3 is 2.69 bits per heavy atom. The van der Waals surface area contributed by atoms with Crippen LogP contribution in [-0.2, 0) is 9.53 Å². The number of hydrogen-bond donors (Lipinski definition) is 1. The van der Waals surface area contributed by atoms with Gasteiger partial charge in [0.1, 0.15) is 0 Å². The van der Waals surface area contributed by atoms with Crippen molar-refractivity contribution in [3.05, 3.63) is 0 Å². The molecule has 1 saturated heterocycles. The minimum atomic E-state index is -0.729. The van der Waals surface area contributed by atoms with E-state index in [1.165, 1.54) is 0 Å². The van der Waals surface area contributed by atoms with Crippen molar-refractivity contribution in [1.82, 2.24) is 4.90 Å². The van der Waals surface area contributed by atoms with Gasteiger partial charge in [-0.2, -0.15) is 0 Å². The Morgan fingerprint density at radius 2 is 2.31 bits per heavy atom. The summed E-state index contributed by atoms with van der Waals surface area (Å²) in [7, 11) is 1.80. The summed E-state index contributed by atoms with van der Waals surface area (Å²) in [4.78, 5) is 14.3. The number of nitrogens with zero attached hydrogens (tertiary/aromatic N) is 1. The number of likely N-dealkylation sites (N-methyl/N-ethyl adjacent to an activating group) is 1. The van der Waals surface area contributed by atoms with Gasteiger partial charge >= 0.3 is 0 Å². The zero-order valence-corrected chi connectivity index (χ0v) is 11.0. The Morgan fingerprint density at radius 1 is 1.69 bits per heavy atom. The first-order chi connectivity index (χ1) is 7.43. The smallest absolute Gasteiger partial charge is 0.235 e. The van der Waals surface area contributed by atoms with Crippen molar-refractivity contribution in [1.29, 1.82) is 0 Å². The van der Waals surface area contributed by atoms with Gasteiger partial charge in [0.15, 0.2) is 0 Å². The highest BCUT2D eigenvalue weighted by atomic mass is 32.1. The first kappa shape index (κ1) is 13.4. The van der Waals surface area contributed by atoms with Gasteiger partial charge in [0.25, 0.3) is 0 Å². The highest BCUT2D eigenvalue weighted by Crippen LogP contribution is 2.26. The summed E-state index contributed by atoms with van der Waals surface area (Å²) in [5, 5.41) is 0. The van der Waals surface area contributed by atoms with E-state index in [0.717, 1.165) is 13.0 Å². The van der Waals surface area contributed by atoms with Crippen LogP contribution in [0.3, 0.4) is 0 Å². The standard InChI is InChI=1S/C11H20N2O2S/c1-4-11(2,9(12)16)10(14)13(3)8-5-6-15-7-8/h8H,4-7H2,1-3H3,(H2,12,16). The van der Waals surface area contributed by atoms with Gasteiger partial charge in [0, 0.05) is 13.7 Å². The van der Waals surface area contributed by atoms with Crippen LogP contribution in [0.15, 0.2) is 0 Å². The van der Waals surface area contributed by atoms with E-state index in [1.54, 1.807) is 11.9 Å². The van der Waals surface area contributed by atoms with Crippen molar-refractivity contribution in [3.63, 3.8) is 0 Å². The van der Waals surface area contributed by atoms with E-state index >= 15 is 0 Å². The van der Waals surface area contributed by atoms with Gasteiger partial charge < -0.3 is 15.4 Å². The molecule has 4 nitrogen and oxygen atoms in total. The van der Waals surface area contributed by atoms with Crippen LogP contribution in [0.5, 0.6) is 0 Å². The molecule has 0 aromatic heterocycles. The molecule has 1 fully saturated rings. The van der Waals surface area contributed by atoms with Gasteiger partial charge in [-0.1, -0.05) is 19.1 Å². The van der Waals surface area contributed by atoms with E-state index in [2.05, 4.69) is 0 Å². The average molecular weight is 244 g/mol. The lowest BCUT2D eigenvalue weighted by Crippen LogP contribution is -2.50. The Labute approximate surface area is 102 Å². The van der Waals surface area contributed by atoms with Crippen molar-refractivity contribution >= 4 is 23.1 Å². The second-order valence-electron chi connectivity index (χ2n) is 4.48. The quantitative estimate of drug-likeness (QED) is 0.748. The topological polar surface area (TPSA) is 55.6 Å². The largest absolute Gasteiger partial charge is 0.392 e. The van der Waals surface area contributed by atoms with Gasteiger partial charge in [-0.3, -0.25) is 4.79 Å². The Bertz CT molecular complexity index is 290. The van der Waals surface area contributed by atoms with Gasteiger partial charge in [0.05, 0.1) is 23.1 Å². The fraction of sp³-hybridized carbons (Fsp3) is 0.818. The van der Waals surface area contributed by atoms with Gasteiger partial charge in [-0.05, 0) is 19.8 Å². The second-order valence-corrected chi connectivity index (χ2v) is 4.92. The molecule has 16 heavy (non-hydrogen) atoms. The minimum Gasteiger partial charge on any atom is -0.392 e. The molecule has 0 aliphatic carbocycles. The van der Waals surface area contributed by atoms with Crippen molar-refractivity contribution in [3.8, 4) is 0 Å². The summed E-state index contributed by atoms with van der Waals surface area (Å²) in [6.45, 7) is 5.07. The third kappa shape index (κ3) is 2.35. The van der Waals surface area contributed by atoms with Crippen molar-refractivity contribution in [2.75, 3.05) is 20.3 Å². The van der Waals surface area contributed by atoms with E-state index in [4.69, 9.17) is 22.7 Å². The van der Waals surface area contributed by atoms with Crippen LogP contribution in [0, 0.1) is 5.41 Å². The van der Waals surface area contributed by atoms with Crippen LogP contribution in [0.2, 0.25) is 0 Å². The molecule has 1 heterocycles. The maximum absolute atomic E-state index is 12.3. The van der Waals surface area contributed by atoms with Crippen molar-refractivity contribution in [2.24, 2.45) is 11.1 Å². The summed E-state index contributed by atoms with van der Waals surface area (Å²) in [5.41, 5.74) is 4.94. The molecule has 1 aliphatic rings. The molecule has 0 aromatic carbocycles. The minimum absolute atomic E-state index is 0.00185. The predicted molar refractivity (Wildman–Crippen MR) is 67.2 cm³/mol. The zero-order valence-electron chi connectivity index (χ0n) is 10.2. The molecule has 0 aromatic rings. The number of nitrogens with two attached hydrogens (primary N) is 1. The molecule has 2 atom stereocenters. The SMILES string of the molecule is CCC(C)(C(=O)N(C)C1CCOC1)C(N)=S. The summed E-state index contributed by atoms with van der Waals surface area (Å²) >= 11 is 5.00. The maximum Gasteiger partial charge on any atom is 0.235 e. The lowest BCUT2D eigenvalue weighted by atomic mass is 9.85. The normalized spacial score (nSPS) is 23.8. The second kappa shape index (κ2) is 5.10. The van der Waals surface area contributed by atoms with Gasteiger partial charge in [-0.15, -0.1) is 0 Å². The molecule has 1 aliphatic heterocycles. The third-order valence-electron chi connectivity index (χ3n) is 3.50. The van der Waals surface area contributed by atoms with Gasteiger partial charge in [0.2, 0.25) is 5.91 Å². The first-order valence-electron chi connectivity index (χ1n) is 5.58. The Hall–Kier alpha value is -0.680. The molecule has 1 amide bonds. The van der Waals surface area contributed by atoms with E-state index in [1.807, 2.05) is 13.8 Å². The summed E-state index contributed by atoms with van der Waals surface area (Å²) < 4.78 is 5.28. The molecule has 1 rings (SSSR count). The lowest BCUT2D eigenvalue weighted by Gasteiger charge is -2.33. The fourth-order valence-electron chi connectivity index (χ4n) is 1.81. The Balaban J connectivity index is 2.78. The van der Waals surface area contributed by atoms with Crippen LogP contribution in [0.4, 0.5) is 0 Å².